The molecule has 0 amide bonds. The van der Waals surface area contributed by atoms with Crippen LogP contribution in [0.25, 0.3) is 11.5 Å². The zero-order chi connectivity index (χ0) is 15.6. The average Bonchev–Trinajstić information content (AvgIpc) is 2.78. The lowest BCUT2D eigenvalue weighted by Crippen LogP contribution is -2.19. The minimum absolute atomic E-state index is 0.0143. The zero-order valence-electron chi connectivity index (χ0n) is 12.2. The van der Waals surface area contributed by atoms with E-state index in [4.69, 9.17) is 9.52 Å². The summed E-state index contributed by atoms with van der Waals surface area (Å²) in [4.78, 5) is 10.8. The first kappa shape index (κ1) is 15.2. The first-order valence-corrected chi connectivity index (χ1v) is 6.57. The predicted octanol–water partition coefficient (Wildman–Crippen LogP) is 3.23. The van der Waals surface area contributed by atoms with Crippen molar-refractivity contribution in [3.05, 3.63) is 35.5 Å². The summed E-state index contributed by atoms with van der Waals surface area (Å²) in [5.74, 6) is -0.479. The predicted molar refractivity (Wildman–Crippen MR) is 74.2 cm³/mol. The van der Waals surface area contributed by atoms with E-state index in [1.54, 1.807) is 19.1 Å². The molecule has 0 bridgehead atoms. The minimum atomic E-state index is -0.867. The first-order valence-electron chi connectivity index (χ1n) is 6.57. The topological polar surface area (TPSA) is 76.2 Å². The van der Waals surface area contributed by atoms with Gasteiger partial charge in [0.1, 0.15) is 5.82 Å². The van der Waals surface area contributed by atoms with E-state index >= 15 is 0 Å². The van der Waals surface area contributed by atoms with Crippen LogP contribution in [-0.4, -0.2) is 21.3 Å². The maximum Gasteiger partial charge on any atom is 0.303 e. The Morgan fingerprint density at radius 1 is 1.38 bits per heavy atom. The largest absolute Gasteiger partial charge is 0.481 e. The van der Waals surface area contributed by atoms with Crippen LogP contribution < -0.4 is 0 Å². The molecule has 0 saturated heterocycles. The van der Waals surface area contributed by atoms with Crippen molar-refractivity contribution in [1.82, 2.24) is 10.2 Å². The SMILES string of the molecule is Cc1cc(-c2nnc(CC(C)(C)CC(=O)O)o2)ccc1F. The molecule has 0 fully saturated rings. The molecular weight excluding hydrogens is 275 g/mol. The van der Waals surface area contributed by atoms with Gasteiger partial charge < -0.3 is 9.52 Å². The summed E-state index contributed by atoms with van der Waals surface area (Å²) in [6.45, 7) is 5.31. The van der Waals surface area contributed by atoms with Gasteiger partial charge in [-0.25, -0.2) is 4.39 Å². The lowest BCUT2D eigenvalue weighted by Gasteiger charge is -2.19. The third-order valence-corrected chi connectivity index (χ3v) is 3.13. The number of nitrogens with zero attached hydrogens (tertiary/aromatic N) is 2. The molecule has 1 N–H and O–H groups in total. The molecule has 0 spiro atoms. The highest BCUT2D eigenvalue weighted by Crippen LogP contribution is 2.27. The standard InChI is InChI=1S/C15H17FN2O3/c1-9-6-10(4-5-11(9)16)14-18-17-12(21-14)7-15(2,3)8-13(19)20/h4-6H,7-8H2,1-3H3,(H,19,20). The van der Waals surface area contributed by atoms with Gasteiger partial charge in [0.25, 0.3) is 0 Å². The van der Waals surface area contributed by atoms with Gasteiger partial charge in [-0.1, -0.05) is 13.8 Å². The van der Waals surface area contributed by atoms with Crippen LogP contribution in [0.2, 0.25) is 0 Å². The second kappa shape index (κ2) is 5.63. The number of benzene rings is 1. The molecule has 112 valence electrons. The number of rotatable bonds is 5. The van der Waals surface area contributed by atoms with Gasteiger partial charge in [0.15, 0.2) is 0 Å². The van der Waals surface area contributed by atoms with Crippen LogP contribution in [0, 0.1) is 18.2 Å². The van der Waals surface area contributed by atoms with E-state index in [0.29, 0.717) is 29.3 Å². The second-order valence-corrected chi connectivity index (χ2v) is 5.88. The molecule has 6 heteroatoms. The molecule has 0 aliphatic heterocycles. The third kappa shape index (κ3) is 3.87. The van der Waals surface area contributed by atoms with Crippen LogP contribution in [0.3, 0.4) is 0 Å². The molecule has 1 heterocycles. The third-order valence-electron chi connectivity index (χ3n) is 3.13. The number of carboxylic acids is 1. The number of halogens is 1. The summed E-state index contributed by atoms with van der Waals surface area (Å²) >= 11 is 0. The van der Waals surface area contributed by atoms with Crippen molar-refractivity contribution >= 4 is 5.97 Å². The van der Waals surface area contributed by atoms with Gasteiger partial charge >= 0.3 is 5.97 Å². The lowest BCUT2D eigenvalue weighted by molar-refractivity contribution is -0.139. The van der Waals surface area contributed by atoms with Crippen LogP contribution in [0.15, 0.2) is 22.6 Å². The maximum absolute atomic E-state index is 13.2. The Hall–Kier alpha value is -2.24. The zero-order valence-corrected chi connectivity index (χ0v) is 12.2. The molecule has 2 aromatic rings. The van der Waals surface area contributed by atoms with Crippen molar-refractivity contribution < 1.29 is 18.7 Å². The van der Waals surface area contributed by atoms with Gasteiger partial charge in [0, 0.05) is 12.0 Å². The number of hydrogen-bond acceptors (Lipinski definition) is 4. The van der Waals surface area contributed by atoms with E-state index in [1.807, 2.05) is 13.8 Å². The van der Waals surface area contributed by atoms with E-state index in [0.717, 1.165) is 0 Å². The molecule has 1 aromatic carbocycles. The summed E-state index contributed by atoms with van der Waals surface area (Å²) in [5, 5.41) is 16.7. The van der Waals surface area contributed by atoms with Gasteiger partial charge in [0.2, 0.25) is 11.8 Å². The van der Waals surface area contributed by atoms with E-state index in [-0.39, 0.29) is 12.2 Å². The highest BCUT2D eigenvalue weighted by Gasteiger charge is 2.25. The average molecular weight is 292 g/mol. The van der Waals surface area contributed by atoms with E-state index < -0.39 is 11.4 Å². The van der Waals surface area contributed by atoms with Crippen molar-refractivity contribution in [3.63, 3.8) is 0 Å². The second-order valence-electron chi connectivity index (χ2n) is 5.88. The van der Waals surface area contributed by atoms with E-state index in [9.17, 15) is 9.18 Å². The minimum Gasteiger partial charge on any atom is -0.481 e. The molecule has 0 radical (unpaired) electrons. The van der Waals surface area contributed by atoms with Gasteiger partial charge in [-0.3, -0.25) is 4.79 Å². The number of hydrogen-bond donors (Lipinski definition) is 1. The van der Waals surface area contributed by atoms with Crippen LogP contribution in [0.1, 0.15) is 31.7 Å². The van der Waals surface area contributed by atoms with Gasteiger partial charge in [-0.2, -0.15) is 0 Å². The Balaban J connectivity index is 2.18. The fraction of sp³-hybridized carbons (Fsp3) is 0.400. The fourth-order valence-electron chi connectivity index (χ4n) is 2.10. The number of aliphatic carboxylic acids is 1. The molecular formula is C15H17FN2O3. The molecule has 2 rings (SSSR count). The normalized spacial score (nSPS) is 11.6. The molecule has 21 heavy (non-hydrogen) atoms. The van der Waals surface area contributed by atoms with Gasteiger partial charge in [0.05, 0.1) is 6.42 Å². The Kier molecular flexibility index (Phi) is 4.06. The van der Waals surface area contributed by atoms with Crippen LogP contribution in [0.4, 0.5) is 4.39 Å². The van der Waals surface area contributed by atoms with Crippen molar-refractivity contribution in [2.45, 2.75) is 33.6 Å². The van der Waals surface area contributed by atoms with Crippen molar-refractivity contribution in [3.8, 4) is 11.5 Å². The van der Waals surface area contributed by atoms with E-state index in [2.05, 4.69) is 10.2 Å². The number of aryl methyl sites for hydroxylation is 1. The molecule has 0 aliphatic rings. The molecule has 0 aliphatic carbocycles. The highest BCUT2D eigenvalue weighted by molar-refractivity contribution is 5.67. The summed E-state index contributed by atoms with van der Waals surface area (Å²) in [5.41, 5.74) is 0.663. The molecule has 0 unspecified atom stereocenters. The molecule has 1 aromatic heterocycles. The Morgan fingerprint density at radius 2 is 2.10 bits per heavy atom. The summed E-state index contributed by atoms with van der Waals surface area (Å²) in [7, 11) is 0. The highest BCUT2D eigenvalue weighted by atomic mass is 19.1. The van der Waals surface area contributed by atoms with E-state index in [1.165, 1.54) is 6.07 Å². The van der Waals surface area contributed by atoms with Gasteiger partial charge in [-0.15, -0.1) is 10.2 Å². The monoisotopic (exact) mass is 292 g/mol. The smallest absolute Gasteiger partial charge is 0.303 e. The number of carbonyl (C=O) groups is 1. The fourth-order valence-corrected chi connectivity index (χ4v) is 2.10. The summed E-state index contributed by atoms with van der Waals surface area (Å²) < 4.78 is 18.8. The Bertz CT molecular complexity index is 665. The molecule has 0 atom stereocenters. The number of carboxylic acid groups (broad SMARTS) is 1. The van der Waals surface area contributed by atoms with Crippen molar-refractivity contribution in [1.29, 1.82) is 0 Å². The van der Waals surface area contributed by atoms with Crippen LogP contribution >= 0.6 is 0 Å². The summed E-state index contributed by atoms with van der Waals surface area (Å²) in [6, 6.07) is 4.56. The Labute approximate surface area is 121 Å². The maximum atomic E-state index is 13.2. The molecule has 0 saturated carbocycles. The van der Waals surface area contributed by atoms with Crippen LogP contribution in [0.5, 0.6) is 0 Å². The van der Waals surface area contributed by atoms with Crippen molar-refractivity contribution in [2.24, 2.45) is 5.41 Å². The van der Waals surface area contributed by atoms with Crippen LogP contribution in [-0.2, 0) is 11.2 Å². The lowest BCUT2D eigenvalue weighted by atomic mass is 9.86. The quantitative estimate of drug-likeness (QED) is 0.915. The summed E-state index contributed by atoms with van der Waals surface area (Å²) in [6.07, 6.45) is 0.382. The Morgan fingerprint density at radius 3 is 2.71 bits per heavy atom. The van der Waals surface area contributed by atoms with Crippen molar-refractivity contribution in [2.75, 3.05) is 0 Å². The molecule has 5 nitrogen and oxygen atoms in total. The van der Waals surface area contributed by atoms with Gasteiger partial charge in [-0.05, 0) is 36.1 Å². The first-order chi connectivity index (χ1) is 9.77. The number of aromatic nitrogens is 2.